The Morgan fingerprint density at radius 2 is 1.86 bits per heavy atom. The number of ether oxygens (including phenoxy) is 1. The molecule has 1 aliphatic rings. The van der Waals surface area contributed by atoms with Crippen LogP contribution in [0, 0.1) is 20.2 Å². The molecule has 0 saturated heterocycles. The second kappa shape index (κ2) is 6.15. The van der Waals surface area contributed by atoms with Gasteiger partial charge in [-0.25, -0.2) is 0 Å². The van der Waals surface area contributed by atoms with Gasteiger partial charge in [0.05, 0.1) is 34.7 Å². The molecular formula is C13H17N3O5. The molecule has 1 aliphatic carbocycles. The van der Waals surface area contributed by atoms with Gasteiger partial charge in [0.1, 0.15) is 0 Å². The monoisotopic (exact) mass is 295 g/mol. The molecule has 0 bridgehead atoms. The predicted octanol–water partition coefficient (Wildman–Crippen LogP) is 2.29. The molecule has 0 spiro atoms. The van der Waals surface area contributed by atoms with Crippen LogP contribution in [0.5, 0.6) is 0 Å². The zero-order chi connectivity index (χ0) is 15.5. The summed E-state index contributed by atoms with van der Waals surface area (Å²) in [5.74, 6) is 0. The first-order valence-electron chi connectivity index (χ1n) is 6.70. The molecule has 1 saturated carbocycles. The maximum atomic E-state index is 11.0. The highest BCUT2D eigenvalue weighted by Crippen LogP contribution is 2.29. The Morgan fingerprint density at radius 1 is 1.19 bits per heavy atom. The molecule has 2 rings (SSSR count). The Kier molecular flexibility index (Phi) is 4.49. The molecular weight excluding hydrogens is 278 g/mol. The first kappa shape index (κ1) is 15.3. The number of nitro groups is 2. The second-order valence-corrected chi connectivity index (χ2v) is 5.39. The van der Waals surface area contributed by atoms with Crippen molar-refractivity contribution in [2.75, 3.05) is 6.61 Å². The minimum absolute atomic E-state index is 0.0211. The molecule has 8 nitrogen and oxygen atoms in total. The third kappa shape index (κ3) is 3.73. The van der Waals surface area contributed by atoms with Gasteiger partial charge in [-0.05, 0) is 18.9 Å². The minimum atomic E-state index is -0.662. The van der Waals surface area contributed by atoms with Crippen LogP contribution in [0.1, 0.15) is 31.2 Å². The van der Waals surface area contributed by atoms with Crippen LogP contribution < -0.4 is 5.73 Å². The average molecular weight is 295 g/mol. The normalized spacial score (nSPS) is 16.8. The van der Waals surface area contributed by atoms with Crippen LogP contribution >= 0.6 is 0 Å². The molecule has 2 N–H and O–H groups in total. The first-order chi connectivity index (χ1) is 9.91. The largest absolute Gasteiger partial charge is 0.375 e. The van der Waals surface area contributed by atoms with Crippen molar-refractivity contribution < 1.29 is 14.6 Å². The summed E-state index contributed by atoms with van der Waals surface area (Å²) in [5.41, 5.74) is 5.48. The fourth-order valence-corrected chi connectivity index (χ4v) is 2.55. The van der Waals surface area contributed by atoms with Gasteiger partial charge in [0.15, 0.2) is 0 Å². The van der Waals surface area contributed by atoms with Gasteiger partial charge in [0.2, 0.25) is 0 Å². The smallest absolute Gasteiger partial charge is 0.281 e. The van der Waals surface area contributed by atoms with Crippen molar-refractivity contribution >= 4 is 11.4 Å². The van der Waals surface area contributed by atoms with E-state index in [0.29, 0.717) is 12.2 Å². The van der Waals surface area contributed by atoms with E-state index in [2.05, 4.69) is 0 Å². The third-order valence-electron chi connectivity index (χ3n) is 3.72. The van der Waals surface area contributed by atoms with E-state index in [1.54, 1.807) is 0 Å². The number of rotatable bonds is 6. The highest BCUT2D eigenvalue weighted by molar-refractivity contribution is 5.48. The molecule has 0 aliphatic heterocycles. The van der Waals surface area contributed by atoms with E-state index < -0.39 is 9.85 Å². The summed E-state index contributed by atoms with van der Waals surface area (Å²) >= 11 is 0. The summed E-state index contributed by atoms with van der Waals surface area (Å²) in [7, 11) is 0. The zero-order valence-electron chi connectivity index (χ0n) is 11.5. The van der Waals surface area contributed by atoms with Crippen molar-refractivity contribution in [1.82, 2.24) is 0 Å². The summed E-state index contributed by atoms with van der Waals surface area (Å²) in [6.07, 6.45) is 3.90. The predicted molar refractivity (Wildman–Crippen MR) is 74.8 cm³/mol. The highest BCUT2D eigenvalue weighted by atomic mass is 16.6. The number of benzene rings is 1. The van der Waals surface area contributed by atoms with Crippen LogP contribution in [-0.2, 0) is 11.3 Å². The third-order valence-corrected chi connectivity index (χ3v) is 3.72. The number of non-ortho nitro benzene ring substituents is 1. The average Bonchev–Trinajstić information content (AvgIpc) is 2.85. The van der Waals surface area contributed by atoms with Gasteiger partial charge in [-0.2, -0.15) is 0 Å². The Balaban J connectivity index is 2.05. The minimum Gasteiger partial charge on any atom is -0.375 e. The number of nitro benzene ring substituents is 2. The molecule has 0 aromatic heterocycles. The van der Waals surface area contributed by atoms with Crippen LogP contribution in [0.4, 0.5) is 11.4 Å². The molecule has 0 radical (unpaired) electrons. The molecule has 1 aromatic rings. The Morgan fingerprint density at radius 3 is 2.43 bits per heavy atom. The molecule has 1 aromatic carbocycles. The Hall–Kier alpha value is -2.06. The molecule has 0 heterocycles. The lowest BCUT2D eigenvalue weighted by atomic mass is 10.0. The van der Waals surface area contributed by atoms with Crippen molar-refractivity contribution in [3.05, 3.63) is 44.0 Å². The summed E-state index contributed by atoms with van der Waals surface area (Å²) in [6, 6.07) is 3.54. The van der Waals surface area contributed by atoms with Crippen molar-refractivity contribution in [3.8, 4) is 0 Å². The van der Waals surface area contributed by atoms with Gasteiger partial charge >= 0.3 is 0 Å². The fourth-order valence-electron chi connectivity index (χ4n) is 2.55. The molecule has 0 atom stereocenters. The van der Waals surface area contributed by atoms with E-state index in [1.807, 2.05) is 0 Å². The number of nitrogens with zero attached hydrogens (tertiary/aromatic N) is 2. The fraction of sp³-hybridized carbons (Fsp3) is 0.538. The van der Waals surface area contributed by atoms with Crippen molar-refractivity contribution in [2.45, 2.75) is 37.8 Å². The van der Waals surface area contributed by atoms with Crippen molar-refractivity contribution in [3.63, 3.8) is 0 Å². The molecule has 0 amide bonds. The van der Waals surface area contributed by atoms with E-state index in [0.717, 1.165) is 31.7 Å². The van der Waals surface area contributed by atoms with E-state index in [1.165, 1.54) is 12.1 Å². The van der Waals surface area contributed by atoms with Gasteiger partial charge in [-0.3, -0.25) is 20.2 Å². The summed E-state index contributed by atoms with van der Waals surface area (Å²) in [4.78, 5) is 20.3. The molecule has 8 heteroatoms. The standard InChI is InChI=1S/C13H17N3O5/c14-13(5-1-2-6-13)9-21-8-10-3-4-11(15(17)18)7-12(10)16(19)20/h3-4,7H,1-2,5-6,8-9,14H2. The second-order valence-electron chi connectivity index (χ2n) is 5.39. The molecule has 0 unspecified atom stereocenters. The van der Waals surface area contributed by atoms with E-state index in [-0.39, 0.29) is 23.5 Å². The quantitative estimate of drug-likeness (QED) is 0.634. The van der Waals surface area contributed by atoms with Crippen molar-refractivity contribution in [1.29, 1.82) is 0 Å². The highest BCUT2D eigenvalue weighted by Gasteiger charge is 2.29. The molecule has 1 fully saturated rings. The maximum absolute atomic E-state index is 11.0. The van der Waals surface area contributed by atoms with Crippen LogP contribution in [-0.4, -0.2) is 22.0 Å². The van der Waals surface area contributed by atoms with Gasteiger partial charge in [-0.1, -0.05) is 12.8 Å². The number of hydrogen-bond acceptors (Lipinski definition) is 6. The van der Waals surface area contributed by atoms with Crippen LogP contribution in [0.15, 0.2) is 18.2 Å². The SMILES string of the molecule is NC1(COCc2ccc([N+](=O)[O-])cc2[N+](=O)[O-])CCCC1. The van der Waals surface area contributed by atoms with Crippen LogP contribution in [0.25, 0.3) is 0 Å². The first-order valence-corrected chi connectivity index (χ1v) is 6.70. The van der Waals surface area contributed by atoms with Gasteiger partial charge in [0.25, 0.3) is 11.4 Å². The van der Waals surface area contributed by atoms with Crippen LogP contribution in [0.2, 0.25) is 0 Å². The molecule has 21 heavy (non-hydrogen) atoms. The number of hydrogen-bond donors (Lipinski definition) is 1. The Bertz CT molecular complexity index is 555. The summed E-state index contributed by atoms with van der Waals surface area (Å²) in [6.45, 7) is 0.356. The lowest BCUT2D eigenvalue weighted by Gasteiger charge is -2.23. The summed E-state index contributed by atoms with van der Waals surface area (Å²) < 4.78 is 5.50. The van der Waals surface area contributed by atoms with E-state index in [9.17, 15) is 20.2 Å². The Labute approximate surface area is 121 Å². The van der Waals surface area contributed by atoms with E-state index >= 15 is 0 Å². The zero-order valence-corrected chi connectivity index (χ0v) is 11.5. The maximum Gasteiger partial charge on any atom is 0.281 e. The topological polar surface area (TPSA) is 122 Å². The van der Waals surface area contributed by atoms with E-state index in [4.69, 9.17) is 10.5 Å². The van der Waals surface area contributed by atoms with Gasteiger partial charge in [-0.15, -0.1) is 0 Å². The lowest BCUT2D eigenvalue weighted by molar-refractivity contribution is -0.394. The van der Waals surface area contributed by atoms with Crippen LogP contribution in [0.3, 0.4) is 0 Å². The lowest BCUT2D eigenvalue weighted by Crippen LogP contribution is -2.41. The van der Waals surface area contributed by atoms with Gasteiger partial charge < -0.3 is 10.5 Å². The van der Waals surface area contributed by atoms with Crippen molar-refractivity contribution in [2.24, 2.45) is 5.73 Å². The summed E-state index contributed by atoms with van der Waals surface area (Å²) in [5, 5.41) is 21.6. The molecule has 114 valence electrons. The van der Waals surface area contributed by atoms with Gasteiger partial charge in [0, 0.05) is 11.6 Å². The number of nitrogens with two attached hydrogens (primary N) is 1.